The molecule has 0 N–H and O–H groups in total. The third-order valence-corrected chi connectivity index (χ3v) is 3.39. The molecule has 2 heteroatoms. The molecule has 0 spiro atoms. The first-order chi connectivity index (χ1) is 7.13. The van der Waals surface area contributed by atoms with Crippen molar-refractivity contribution in [3.05, 3.63) is 35.4 Å². The van der Waals surface area contributed by atoms with E-state index in [1.165, 1.54) is 17.5 Å². The summed E-state index contributed by atoms with van der Waals surface area (Å²) in [4.78, 5) is 11.0. The second-order valence-corrected chi connectivity index (χ2v) is 4.95. The fourth-order valence-electron chi connectivity index (χ4n) is 1.48. The van der Waals surface area contributed by atoms with Crippen LogP contribution in [0.3, 0.4) is 0 Å². The van der Waals surface area contributed by atoms with Crippen LogP contribution in [0.5, 0.6) is 0 Å². The number of Topliss-reactive ketones (excluding diaryl/α,β-unsaturated/α-hetero) is 1. The Morgan fingerprint density at radius 3 is 2.27 bits per heavy atom. The fourth-order valence-corrected chi connectivity index (χ4v) is 1.86. The van der Waals surface area contributed by atoms with E-state index in [9.17, 15) is 4.79 Å². The van der Waals surface area contributed by atoms with Gasteiger partial charge >= 0.3 is 0 Å². The highest BCUT2D eigenvalue weighted by atomic mass is 79.9. The maximum atomic E-state index is 11.1. The molecule has 0 aliphatic carbocycles. The zero-order chi connectivity index (χ0) is 11.3. The summed E-state index contributed by atoms with van der Waals surface area (Å²) in [5.41, 5.74) is 2.59. The van der Waals surface area contributed by atoms with Gasteiger partial charge < -0.3 is 0 Å². The summed E-state index contributed by atoms with van der Waals surface area (Å²) >= 11 is 3.38. The molecule has 82 valence electrons. The van der Waals surface area contributed by atoms with E-state index in [1.54, 1.807) is 6.92 Å². The zero-order valence-electron chi connectivity index (χ0n) is 9.29. The summed E-state index contributed by atoms with van der Waals surface area (Å²) in [7, 11) is 0. The first kappa shape index (κ1) is 12.4. The molecule has 0 aliphatic heterocycles. The van der Waals surface area contributed by atoms with Crippen LogP contribution in [0.15, 0.2) is 24.3 Å². The Morgan fingerprint density at radius 2 is 1.80 bits per heavy atom. The van der Waals surface area contributed by atoms with Gasteiger partial charge in [0, 0.05) is 0 Å². The van der Waals surface area contributed by atoms with Crippen molar-refractivity contribution in [1.29, 1.82) is 0 Å². The third-order valence-electron chi connectivity index (χ3n) is 2.42. The Kier molecular flexibility index (Phi) is 5.03. The largest absolute Gasteiger partial charge is 0.299 e. The summed E-state index contributed by atoms with van der Waals surface area (Å²) in [6, 6.07) is 8.53. The molecule has 0 aliphatic rings. The van der Waals surface area contributed by atoms with Gasteiger partial charge in [-0.15, -0.1) is 0 Å². The second-order valence-electron chi connectivity index (χ2n) is 3.85. The van der Waals surface area contributed by atoms with Crippen molar-refractivity contribution in [2.45, 2.75) is 37.9 Å². The number of ketones is 1. The first-order valence-electron chi connectivity index (χ1n) is 5.35. The number of benzene rings is 1. The molecule has 0 saturated carbocycles. The molecule has 0 aromatic heterocycles. The van der Waals surface area contributed by atoms with Gasteiger partial charge in [-0.1, -0.05) is 53.5 Å². The summed E-state index contributed by atoms with van der Waals surface area (Å²) < 4.78 is 0. The van der Waals surface area contributed by atoms with Crippen molar-refractivity contribution in [2.75, 3.05) is 0 Å². The third kappa shape index (κ3) is 4.17. The average Bonchev–Trinajstić information content (AvgIpc) is 2.21. The van der Waals surface area contributed by atoms with Gasteiger partial charge in [-0.25, -0.2) is 0 Å². The van der Waals surface area contributed by atoms with Gasteiger partial charge in [-0.05, 0) is 30.9 Å². The van der Waals surface area contributed by atoms with Gasteiger partial charge in [0.1, 0.15) is 5.78 Å². The summed E-state index contributed by atoms with van der Waals surface area (Å²) in [6.07, 6.45) is 3.08. The summed E-state index contributed by atoms with van der Waals surface area (Å²) in [6.45, 7) is 3.79. The van der Waals surface area contributed by atoms with Crippen LogP contribution < -0.4 is 0 Å². The fraction of sp³-hybridized carbons (Fsp3) is 0.462. The normalized spacial score (nSPS) is 12.5. The Labute approximate surface area is 100 Å². The highest BCUT2D eigenvalue weighted by Crippen LogP contribution is 2.13. The standard InChI is InChI=1S/C13H17BrO/c1-3-4-11-5-7-12(8-6-11)9-13(14)10(2)15/h5-8,13H,3-4,9H2,1-2H3. The van der Waals surface area contributed by atoms with Gasteiger partial charge in [-0.3, -0.25) is 4.79 Å². The van der Waals surface area contributed by atoms with Crippen LogP contribution >= 0.6 is 15.9 Å². The van der Waals surface area contributed by atoms with Gasteiger partial charge in [0.25, 0.3) is 0 Å². The molecule has 1 atom stereocenters. The van der Waals surface area contributed by atoms with E-state index in [2.05, 4.69) is 47.1 Å². The summed E-state index contributed by atoms with van der Waals surface area (Å²) in [5, 5.41) is 0. The van der Waals surface area contributed by atoms with Crippen molar-refractivity contribution in [3.63, 3.8) is 0 Å². The van der Waals surface area contributed by atoms with Crippen molar-refractivity contribution in [2.24, 2.45) is 0 Å². The SMILES string of the molecule is CCCc1ccc(CC(Br)C(C)=O)cc1. The minimum Gasteiger partial charge on any atom is -0.299 e. The van der Waals surface area contributed by atoms with Crippen LogP contribution in [-0.4, -0.2) is 10.6 Å². The number of aryl methyl sites for hydroxylation is 1. The number of alkyl halides is 1. The van der Waals surface area contributed by atoms with Crippen molar-refractivity contribution >= 4 is 21.7 Å². The molecule has 1 aromatic carbocycles. The number of hydrogen-bond acceptors (Lipinski definition) is 1. The number of rotatable bonds is 5. The highest BCUT2D eigenvalue weighted by molar-refractivity contribution is 9.10. The molecular formula is C13H17BrO. The summed E-state index contributed by atoms with van der Waals surface area (Å²) in [5.74, 6) is 0.188. The molecule has 0 bridgehead atoms. The van der Waals surface area contributed by atoms with E-state index in [0.29, 0.717) is 0 Å². The Morgan fingerprint density at radius 1 is 1.27 bits per heavy atom. The van der Waals surface area contributed by atoms with Gasteiger partial charge in [0.05, 0.1) is 4.83 Å². The lowest BCUT2D eigenvalue weighted by molar-refractivity contribution is -0.116. The number of carbonyl (C=O) groups excluding carboxylic acids is 1. The molecule has 1 unspecified atom stereocenters. The van der Waals surface area contributed by atoms with Gasteiger partial charge in [0.15, 0.2) is 0 Å². The molecule has 0 amide bonds. The molecule has 0 saturated heterocycles. The lowest BCUT2D eigenvalue weighted by Gasteiger charge is -2.06. The lowest BCUT2D eigenvalue weighted by atomic mass is 10.0. The van der Waals surface area contributed by atoms with Gasteiger partial charge in [-0.2, -0.15) is 0 Å². The number of halogens is 1. The molecule has 1 rings (SSSR count). The van der Waals surface area contributed by atoms with E-state index in [0.717, 1.165) is 12.8 Å². The highest BCUT2D eigenvalue weighted by Gasteiger charge is 2.09. The van der Waals surface area contributed by atoms with Crippen LogP contribution in [0.2, 0.25) is 0 Å². The van der Waals surface area contributed by atoms with E-state index < -0.39 is 0 Å². The van der Waals surface area contributed by atoms with E-state index >= 15 is 0 Å². The van der Waals surface area contributed by atoms with Crippen molar-refractivity contribution in [3.8, 4) is 0 Å². The van der Waals surface area contributed by atoms with Crippen molar-refractivity contribution in [1.82, 2.24) is 0 Å². The molecule has 15 heavy (non-hydrogen) atoms. The van der Waals surface area contributed by atoms with Crippen LogP contribution in [0.1, 0.15) is 31.4 Å². The van der Waals surface area contributed by atoms with E-state index in [-0.39, 0.29) is 10.6 Å². The first-order valence-corrected chi connectivity index (χ1v) is 6.27. The monoisotopic (exact) mass is 268 g/mol. The molecule has 0 heterocycles. The Balaban J connectivity index is 2.60. The van der Waals surface area contributed by atoms with Crippen LogP contribution in [0.25, 0.3) is 0 Å². The predicted octanol–water partition coefficient (Wildman–Crippen LogP) is 3.53. The Bertz CT molecular complexity index is 316. The van der Waals surface area contributed by atoms with E-state index in [1.807, 2.05) is 0 Å². The molecule has 0 fully saturated rings. The average molecular weight is 269 g/mol. The zero-order valence-corrected chi connectivity index (χ0v) is 10.9. The topological polar surface area (TPSA) is 17.1 Å². The van der Waals surface area contributed by atoms with E-state index in [4.69, 9.17) is 0 Å². The predicted molar refractivity (Wildman–Crippen MR) is 67.5 cm³/mol. The Hall–Kier alpha value is -0.630. The lowest BCUT2D eigenvalue weighted by Crippen LogP contribution is -2.12. The van der Waals surface area contributed by atoms with Crippen molar-refractivity contribution < 1.29 is 4.79 Å². The number of carbonyl (C=O) groups is 1. The molecule has 1 aromatic rings. The van der Waals surface area contributed by atoms with Gasteiger partial charge in [0.2, 0.25) is 0 Å². The molecular weight excluding hydrogens is 252 g/mol. The molecule has 0 radical (unpaired) electrons. The van der Waals surface area contributed by atoms with Crippen LogP contribution in [0.4, 0.5) is 0 Å². The maximum absolute atomic E-state index is 11.1. The minimum absolute atomic E-state index is 0.0467. The van der Waals surface area contributed by atoms with Crippen LogP contribution in [-0.2, 0) is 17.6 Å². The minimum atomic E-state index is -0.0467. The van der Waals surface area contributed by atoms with Crippen LogP contribution in [0, 0.1) is 0 Å². The quantitative estimate of drug-likeness (QED) is 0.747. The maximum Gasteiger partial charge on any atom is 0.143 e. The smallest absolute Gasteiger partial charge is 0.143 e. The number of hydrogen-bond donors (Lipinski definition) is 0. The molecule has 1 nitrogen and oxygen atoms in total. The second kappa shape index (κ2) is 6.06.